The van der Waals surface area contributed by atoms with Crippen LogP contribution >= 0.6 is 0 Å². The topological polar surface area (TPSA) is 293 Å². The van der Waals surface area contributed by atoms with Crippen LogP contribution in [0, 0.1) is 0 Å². The van der Waals surface area contributed by atoms with Crippen molar-refractivity contribution in [3.63, 3.8) is 0 Å². The molecule has 1 aliphatic rings. The second-order valence-electron chi connectivity index (χ2n) is 17.5. The molecular formula is C48H74N8O11. The lowest BCUT2D eigenvalue weighted by atomic mass is 9.93. The number of aliphatic hydroxyl groups is 2. The van der Waals surface area contributed by atoms with Crippen LogP contribution < -0.4 is 32.3 Å². The van der Waals surface area contributed by atoms with Gasteiger partial charge in [0, 0.05) is 44.6 Å². The molecular weight excluding hydrogens is 865 g/mol. The molecule has 4 bridgehead atoms. The molecule has 2 aromatic carbocycles. The highest BCUT2D eigenvalue weighted by atomic mass is 16.3. The van der Waals surface area contributed by atoms with Gasteiger partial charge in [-0.3, -0.25) is 33.6 Å². The van der Waals surface area contributed by atoms with Crippen LogP contribution in [0.4, 0.5) is 0 Å². The Morgan fingerprint density at radius 2 is 1.34 bits per heavy atom. The third kappa shape index (κ3) is 17.7. The number of rotatable bonds is 25. The average molecular weight is 939 g/mol. The van der Waals surface area contributed by atoms with E-state index in [-0.39, 0.29) is 53.5 Å². The molecule has 7 amide bonds. The van der Waals surface area contributed by atoms with Gasteiger partial charge >= 0.3 is 0 Å². The highest BCUT2D eigenvalue weighted by Crippen LogP contribution is 2.38. The zero-order chi connectivity index (χ0) is 49.6. The van der Waals surface area contributed by atoms with Crippen LogP contribution in [0.2, 0.25) is 0 Å². The Morgan fingerprint density at radius 3 is 1.93 bits per heavy atom. The molecule has 0 aliphatic carbocycles. The Kier molecular flexibility index (Phi) is 23.5. The molecule has 1 heterocycles. The first-order valence-electron chi connectivity index (χ1n) is 23.6. The van der Waals surface area contributed by atoms with Crippen LogP contribution in [0.15, 0.2) is 36.4 Å². The van der Waals surface area contributed by atoms with E-state index in [4.69, 9.17) is 5.73 Å². The summed E-state index contributed by atoms with van der Waals surface area (Å²) in [5.41, 5.74) is 6.77. The number of nitrogens with one attached hydrogen (secondary N) is 5. The quantitative estimate of drug-likeness (QED) is 0.0506. The Morgan fingerprint density at radius 1 is 0.776 bits per heavy atom. The number of carbonyl (C=O) groups is 7. The highest BCUT2D eigenvalue weighted by Gasteiger charge is 2.34. The van der Waals surface area contributed by atoms with E-state index >= 15 is 0 Å². The third-order valence-electron chi connectivity index (χ3n) is 11.9. The minimum absolute atomic E-state index is 0.0665. The van der Waals surface area contributed by atoms with Gasteiger partial charge in [-0.05, 0) is 55.7 Å². The van der Waals surface area contributed by atoms with Crippen molar-refractivity contribution in [2.24, 2.45) is 5.73 Å². The van der Waals surface area contributed by atoms with Gasteiger partial charge in [-0.2, -0.15) is 0 Å². The molecule has 0 unspecified atom stereocenters. The number of carbonyl (C=O) groups excluding carboxylic acids is 7. The third-order valence-corrected chi connectivity index (χ3v) is 11.9. The van der Waals surface area contributed by atoms with Crippen LogP contribution in [-0.2, 0) is 40.0 Å². The summed E-state index contributed by atoms with van der Waals surface area (Å²) in [5, 5.41) is 54.0. The lowest BCUT2D eigenvalue weighted by Crippen LogP contribution is -2.59. The Bertz CT molecular complexity index is 1980. The fourth-order valence-electron chi connectivity index (χ4n) is 7.77. The van der Waals surface area contributed by atoms with Gasteiger partial charge in [0.05, 0.1) is 19.3 Å². The van der Waals surface area contributed by atoms with Crippen LogP contribution in [0.1, 0.15) is 128 Å². The molecule has 372 valence electrons. The van der Waals surface area contributed by atoms with E-state index in [0.717, 1.165) is 35.5 Å². The number of aromatic hydroxyl groups is 2. The molecule has 0 aromatic heterocycles. The molecule has 0 fully saturated rings. The lowest BCUT2D eigenvalue weighted by Gasteiger charge is -2.30. The van der Waals surface area contributed by atoms with Gasteiger partial charge in [0.1, 0.15) is 35.7 Å². The molecule has 3 rings (SSSR count). The summed E-state index contributed by atoms with van der Waals surface area (Å²) in [5.74, 6) is -5.87. The Labute approximate surface area is 394 Å². The normalized spacial score (nSPS) is 17.4. The molecule has 0 saturated heterocycles. The fourth-order valence-corrected chi connectivity index (χ4v) is 7.77. The second kappa shape index (κ2) is 28.4. The number of nitrogens with zero attached hydrogens (tertiary/aromatic N) is 2. The van der Waals surface area contributed by atoms with E-state index in [1.165, 1.54) is 116 Å². The van der Waals surface area contributed by atoms with Crippen molar-refractivity contribution in [1.82, 2.24) is 36.4 Å². The summed E-state index contributed by atoms with van der Waals surface area (Å²) in [6.45, 7) is 3.49. The number of aliphatic hydroxyl groups excluding tert-OH is 2. The molecule has 0 radical (unpaired) electrons. The molecule has 6 atom stereocenters. The van der Waals surface area contributed by atoms with Crippen molar-refractivity contribution in [2.75, 3.05) is 33.8 Å². The summed E-state index contributed by atoms with van der Waals surface area (Å²) in [6, 6.07) is 3.12. The van der Waals surface area contributed by atoms with E-state index in [0.29, 0.717) is 12.0 Å². The van der Waals surface area contributed by atoms with Crippen LogP contribution in [-0.4, -0.2) is 136 Å². The van der Waals surface area contributed by atoms with E-state index in [1.54, 1.807) is 0 Å². The second-order valence-corrected chi connectivity index (χ2v) is 17.5. The summed E-state index contributed by atoms with van der Waals surface area (Å²) in [4.78, 5) is 95.6. The predicted octanol–water partition coefficient (Wildman–Crippen LogP) is 2.12. The molecule has 19 nitrogen and oxygen atoms in total. The summed E-state index contributed by atoms with van der Waals surface area (Å²) in [6.07, 6.45) is 12.5. The number of hydrogen-bond donors (Lipinski definition) is 10. The van der Waals surface area contributed by atoms with Gasteiger partial charge < -0.3 is 62.5 Å². The number of benzene rings is 2. The summed E-state index contributed by atoms with van der Waals surface area (Å²) < 4.78 is 0. The van der Waals surface area contributed by atoms with Gasteiger partial charge in [-0.25, -0.2) is 0 Å². The number of nitrogens with two attached hydrogens (primary N) is 1. The van der Waals surface area contributed by atoms with Gasteiger partial charge in [0.15, 0.2) is 6.17 Å². The number of likely N-dealkylation sites (N-methyl/N-ethyl adjacent to an activating group) is 2. The first kappa shape index (κ1) is 55.5. The van der Waals surface area contributed by atoms with Crippen molar-refractivity contribution in [3.8, 4) is 22.6 Å². The average Bonchev–Trinajstić information content (AvgIpc) is 3.29. The number of fused-ring (bicyclic) bond motifs is 5. The van der Waals surface area contributed by atoms with Crippen molar-refractivity contribution in [1.29, 1.82) is 0 Å². The molecule has 19 heteroatoms. The standard InChI is InChI=1S/C48H74N8O11/c1-6-7-8-9-10-11-12-13-14-15-16-17-18-19-40(61)55(4)37(29-57)46(65)54-43(49)48(67)51-28-41(62)56(5)42-33-21-23-39(60)35(26-33)34-24-32(20-22-38(34)59)25-36(45(64)50-27-30(2)58)53-44(63)31(3)52-47(42)66/h20-24,26,30-31,36-37,42-43,57-60H,6-19,25,27-29,49H2,1-5H3,(H,50,64)(H,51,67)(H,52,66)(H,53,63)(H,54,65)/t30-,31-,36-,37+,42-,43-/m0/s1. The molecule has 2 aromatic rings. The van der Waals surface area contributed by atoms with Gasteiger partial charge in [-0.15, -0.1) is 0 Å². The van der Waals surface area contributed by atoms with E-state index in [2.05, 4.69) is 33.5 Å². The van der Waals surface area contributed by atoms with Crippen molar-refractivity contribution in [2.45, 2.75) is 154 Å². The molecule has 11 N–H and O–H groups in total. The summed E-state index contributed by atoms with van der Waals surface area (Å²) in [7, 11) is 2.64. The van der Waals surface area contributed by atoms with Gasteiger partial charge in [-0.1, -0.05) is 96.1 Å². The minimum atomic E-state index is -1.71. The lowest BCUT2D eigenvalue weighted by molar-refractivity contribution is -0.142. The fraction of sp³-hybridized carbons (Fsp3) is 0.604. The first-order valence-corrected chi connectivity index (χ1v) is 23.6. The maximum atomic E-state index is 14.0. The SMILES string of the molecule is CCCCCCCCCCCCCCCC(=O)N(C)[C@H](CO)C(=O)N[C@H](N)C(=O)NCC(=O)N(C)[C@@H]1C(=O)N[C@@H](C)C(=O)N[C@H](C(=O)NC[C@H](C)O)Cc2ccc(O)c(c2)-c2cc1ccc2O. The van der Waals surface area contributed by atoms with Crippen LogP contribution in [0.5, 0.6) is 11.5 Å². The van der Waals surface area contributed by atoms with Crippen molar-refractivity contribution in [3.05, 3.63) is 47.5 Å². The maximum absolute atomic E-state index is 14.0. The zero-order valence-corrected chi connectivity index (χ0v) is 39.8. The molecule has 1 aliphatic heterocycles. The van der Waals surface area contributed by atoms with E-state index < -0.39 is 85.0 Å². The van der Waals surface area contributed by atoms with E-state index in [9.17, 15) is 54.0 Å². The number of hydrogen-bond acceptors (Lipinski definition) is 12. The van der Waals surface area contributed by atoms with Crippen LogP contribution in [0.3, 0.4) is 0 Å². The smallest absolute Gasteiger partial charge is 0.257 e. The van der Waals surface area contributed by atoms with Crippen LogP contribution in [0.25, 0.3) is 11.1 Å². The first-order chi connectivity index (χ1) is 31.9. The maximum Gasteiger partial charge on any atom is 0.257 e. The number of phenolic OH excluding ortho intramolecular Hbond substituents is 2. The molecule has 0 spiro atoms. The highest BCUT2D eigenvalue weighted by molar-refractivity contribution is 5.96. The van der Waals surface area contributed by atoms with Gasteiger partial charge in [0.2, 0.25) is 35.4 Å². The number of phenols is 2. The summed E-state index contributed by atoms with van der Waals surface area (Å²) >= 11 is 0. The number of unbranched alkanes of at least 4 members (excludes halogenated alkanes) is 12. The zero-order valence-electron chi connectivity index (χ0n) is 39.8. The molecule has 67 heavy (non-hydrogen) atoms. The van der Waals surface area contributed by atoms with Crippen molar-refractivity contribution >= 4 is 41.4 Å². The molecule has 0 saturated carbocycles. The Hall–Kier alpha value is -5.79. The Balaban J connectivity index is 1.64. The monoisotopic (exact) mass is 939 g/mol. The van der Waals surface area contributed by atoms with Gasteiger partial charge in [0.25, 0.3) is 5.91 Å². The van der Waals surface area contributed by atoms with E-state index in [1.807, 2.05) is 0 Å². The number of amides is 7. The van der Waals surface area contributed by atoms with Crippen molar-refractivity contribution < 1.29 is 54.0 Å². The minimum Gasteiger partial charge on any atom is -0.507 e. The largest absolute Gasteiger partial charge is 0.507 e. The predicted molar refractivity (Wildman–Crippen MR) is 252 cm³/mol.